The molecular weight excluding hydrogens is 334 g/mol. The van der Waals surface area contributed by atoms with Crippen molar-refractivity contribution in [2.45, 2.75) is 33.7 Å². The van der Waals surface area contributed by atoms with E-state index in [-0.39, 0.29) is 30.9 Å². The van der Waals surface area contributed by atoms with E-state index < -0.39 is 0 Å². The highest BCUT2D eigenvalue weighted by atomic mass is 16.2. The maximum Gasteiger partial charge on any atom is 0.319 e. The van der Waals surface area contributed by atoms with Crippen molar-refractivity contribution in [1.82, 2.24) is 31.3 Å². The molecule has 140 valence electrons. The second-order valence-corrected chi connectivity index (χ2v) is 6.57. The Morgan fingerprint density at radius 1 is 1.15 bits per heavy atom. The van der Waals surface area contributed by atoms with Crippen LogP contribution < -0.4 is 16.0 Å². The van der Waals surface area contributed by atoms with Gasteiger partial charge in [0.2, 0.25) is 5.91 Å². The van der Waals surface area contributed by atoms with Crippen molar-refractivity contribution in [3.05, 3.63) is 35.7 Å². The van der Waals surface area contributed by atoms with Crippen LogP contribution in [0.15, 0.2) is 24.3 Å². The Hall–Kier alpha value is -2.97. The summed E-state index contributed by atoms with van der Waals surface area (Å²) in [7, 11) is 0. The monoisotopic (exact) mass is 359 g/mol. The zero-order valence-corrected chi connectivity index (χ0v) is 15.2. The van der Waals surface area contributed by atoms with Gasteiger partial charge in [-0.15, -0.1) is 10.2 Å². The molecule has 0 aliphatic carbocycles. The Labute approximate surface area is 152 Å². The lowest BCUT2D eigenvalue weighted by molar-refractivity contribution is -0.125. The number of nitrogens with one attached hydrogen (secondary N) is 4. The summed E-state index contributed by atoms with van der Waals surface area (Å²) in [6, 6.07) is 7.16. The third kappa shape index (κ3) is 6.50. The van der Waals surface area contributed by atoms with Gasteiger partial charge in [-0.05, 0) is 31.4 Å². The summed E-state index contributed by atoms with van der Waals surface area (Å²) >= 11 is 0. The highest BCUT2D eigenvalue weighted by molar-refractivity contribution is 5.89. The van der Waals surface area contributed by atoms with E-state index in [2.05, 4.69) is 36.6 Å². The molecule has 2 rings (SSSR count). The Bertz CT molecular complexity index is 698. The number of amides is 3. The fraction of sp³-hybridized carbons (Fsp3) is 0.471. The molecule has 26 heavy (non-hydrogen) atoms. The molecule has 0 fully saturated rings. The largest absolute Gasteiger partial charge is 0.348 e. The van der Waals surface area contributed by atoms with Gasteiger partial charge >= 0.3 is 6.03 Å². The molecule has 0 bridgehead atoms. The third-order valence-corrected chi connectivity index (χ3v) is 3.76. The molecule has 1 aromatic carbocycles. The topological polar surface area (TPSA) is 125 Å². The van der Waals surface area contributed by atoms with E-state index in [1.165, 1.54) is 0 Å². The number of carbonyl (C=O) groups excluding carboxylic acids is 2. The predicted octanol–water partition coefficient (Wildman–Crippen LogP) is 1.61. The summed E-state index contributed by atoms with van der Waals surface area (Å²) in [5.41, 5.74) is 1.82. The first-order valence-corrected chi connectivity index (χ1v) is 8.55. The molecule has 0 spiro atoms. The number of nitrogens with zero attached hydrogens (tertiary/aromatic N) is 3. The maximum absolute atomic E-state index is 12.4. The number of aromatic amines is 1. The number of carbonyl (C=O) groups is 2. The Kier molecular flexibility index (Phi) is 7.07. The van der Waals surface area contributed by atoms with Crippen LogP contribution in [-0.2, 0) is 11.3 Å². The molecule has 0 saturated heterocycles. The minimum atomic E-state index is -0.342. The van der Waals surface area contributed by atoms with Gasteiger partial charge in [-0.25, -0.2) is 4.79 Å². The van der Waals surface area contributed by atoms with Crippen molar-refractivity contribution in [1.29, 1.82) is 0 Å². The van der Waals surface area contributed by atoms with Gasteiger partial charge in [0.15, 0.2) is 5.82 Å². The molecule has 3 amide bonds. The molecule has 0 radical (unpaired) electrons. The lowest BCUT2D eigenvalue weighted by Gasteiger charge is -2.19. The number of hydrogen-bond acceptors (Lipinski definition) is 5. The average molecular weight is 359 g/mol. The highest BCUT2D eigenvalue weighted by Crippen LogP contribution is 2.12. The number of benzene rings is 1. The second kappa shape index (κ2) is 9.50. The van der Waals surface area contributed by atoms with Crippen LogP contribution in [0.4, 0.5) is 10.5 Å². The van der Waals surface area contributed by atoms with Gasteiger partial charge in [-0.2, -0.15) is 5.21 Å². The summed E-state index contributed by atoms with van der Waals surface area (Å²) < 4.78 is 0. The molecule has 1 unspecified atom stereocenters. The van der Waals surface area contributed by atoms with Crippen LogP contribution in [0.3, 0.4) is 0 Å². The number of H-pyrrole nitrogens is 1. The second-order valence-electron chi connectivity index (χ2n) is 6.57. The van der Waals surface area contributed by atoms with Crippen molar-refractivity contribution in [2.75, 3.05) is 11.9 Å². The molecule has 9 nitrogen and oxygen atoms in total. The number of hydrogen-bond donors (Lipinski definition) is 4. The number of tetrazole rings is 1. The smallest absolute Gasteiger partial charge is 0.319 e. The number of aromatic nitrogens is 4. The van der Waals surface area contributed by atoms with Crippen LogP contribution in [0.1, 0.15) is 31.7 Å². The zero-order valence-electron chi connectivity index (χ0n) is 15.2. The van der Waals surface area contributed by atoms with Crippen LogP contribution in [-0.4, -0.2) is 39.1 Å². The van der Waals surface area contributed by atoms with Gasteiger partial charge in [-0.1, -0.05) is 36.8 Å². The van der Waals surface area contributed by atoms with Crippen LogP contribution in [0.25, 0.3) is 0 Å². The number of aryl methyl sites for hydroxylation is 1. The molecular formula is C17H25N7O2. The first-order chi connectivity index (χ1) is 12.4. The van der Waals surface area contributed by atoms with E-state index in [0.717, 1.165) is 5.56 Å². The fourth-order valence-electron chi connectivity index (χ4n) is 2.45. The van der Waals surface area contributed by atoms with Crippen LogP contribution in [0.2, 0.25) is 0 Å². The molecule has 1 heterocycles. The van der Waals surface area contributed by atoms with Crippen molar-refractivity contribution < 1.29 is 9.59 Å². The fourth-order valence-corrected chi connectivity index (χ4v) is 2.45. The average Bonchev–Trinajstić information content (AvgIpc) is 3.11. The van der Waals surface area contributed by atoms with Crippen LogP contribution in [0, 0.1) is 18.8 Å². The molecule has 0 aliphatic rings. The van der Waals surface area contributed by atoms with E-state index in [1.807, 2.05) is 45.0 Å². The first-order valence-electron chi connectivity index (χ1n) is 8.55. The van der Waals surface area contributed by atoms with E-state index in [4.69, 9.17) is 0 Å². The van der Waals surface area contributed by atoms with Crippen molar-refractivity contribution >= 4 is 17.6 Å². The van der Waals surface area contributed by atoms with Gasteiger partial charge < -0.3 is 16.0 Å². The molecule has 1 aromatic heterocycles. The minimum absolute atomic E-state index is 0.154. The summed E-state index contributed by atoms with van der Waals surface area (Å²) in [5, 5.41) is 21.7. The summed E-state index contributed by atoms with van der Waals surface area (Å²) in [6.07, 6.45) is 0.656. The Morgan fingerprint density at radius 3 is 2.50 bits per heavy atom. The SMILES string of the molecule is Cc1ccc(NC(=O)NCC(CC(C)C)C(=O)NCc2nn[nH]n2)cc1. The molecule has 9 heteroatoms. The van der Waals surface area contributed by atoms with E-state index >= 15 is 0 Å². The highest BCUT2D eigenvalue weighted by Gasteiger charge is 2.21. The predicted molar refractivity (Wildman–Crippen MR) is 97.2 cm³/mol. The molecule has 0 aliphatic heterocycles. The summed E-state index contributed by atoms with van der Waals surface area (Å²) in [4.78, 5) is 24.5. The van der Waals surface area contributed by atoms with Gasteiger partial charge in [-0.3, -0.25) is 4.79 Å². The minimum Gasteiger partial charge on any atom is -0.348 e. The van der Waals surface area contributed by atoms with Crippen molar-refractivity contribution in [2.24, 2.45) is 11.8 Å². The normalized spacial score (nSPS) is 11.8. The van der Waals surface area contributed by atoms with E-state index in [0.29, 0.717) is 23.9 Å². The number of urea groups is 1. The lowest BCUT2D eigenvalue weighted by atomic mass is 9.96. The van der Waals surface area contributed by atoms with E-state index in [9.17, 15) is 9.59 Å². The quantitative estimate of drug-likeness (QED) is 0.570. The standard InChI is InChI=1S/C17H25N7O2/c1-11(2)8-13(16(25)18-10-15-21-23-24-22-15)9-19-17(26)20-14-6-4-12(3)5-7-14/h4-7,11,13H,8-10H2,1-3H3,(H,18,25)(H2,19,20,26)(H,21,22,23,24). The Balaban J connectivity index is 1.84. The van der Waals surface area contributed by atoms with E-state index in [1.54, 1.807) is 0 Å². The number of anilines is 1. The molecule has 4 N–H and O–H groups in total. The first kappa shape index (κ1) is 19.4. The molecule has 2 aromatic rings. The number of rotatable bonds is 8. The summed E-state index contributed by atoms with van der Waals surface area (Å²) in [6.45, 7) is 6.48. The summed E-state index contributed by atoms with van der Waals surface area (Å²) in [5.74, 6) is 0.231. The maximum atomic E-state index is 12.4. The van der Waals surface area contributed by atoms with Crippen molar-refractivity contribution in [3.8, 4) is 0 Å². The van der Waals surface area contributed by atoms with Crippen molar-refractivity contribution in [3.63, 3.8) is 0 Å². The zero-order chi connectivity index (χ0) is 18.9. The lowest BCUT2D eigenvalue weighted by Crippen LogP contribution is -2.40. The third-order valence-electron chi connectivity index (χ3n) is 3.76. The van der Waals surface area contributed by atoms with Gasteiger partial charge in [0, 0.05) is 12.2 Å². The van der Waals surface area contributed by atoms with Crippen LogP contribution >= 0.6 is 0 Å². The van der Waals surface area contributed by atoms with Gasteiger partial charge in [0.1, 0.15) is 0 Å². The van der Waals surface area contributed by atoms with Gasteiger partial charge in [0.25, 0.3) is 0 Å². The Morgan fingerprint density at radius 2 is 1.88 bits per heavy atom. The van der Waals surface area contributed by atoms with Crippen LogP contribution in [0.5, 0.6) is 0 Å². The molecule has 0 saturated carbocycles. The molecule has 1 atom stereocenters. The van der Waals surface area contributed by atoms with Gasteiger partial charge in [0.05, 0.1) is 12.5 Å².